The Hall–Kier alpha value is -4.85. The summed E-state index contributed by atoms with van der Waals surface area (Å²) in [5.41, 5.74) is 4.62. The quantitative estimate of drug-likeness (QED) is 0.319. The molecular formula is C25H24FN9O. The lowest BCUT2D eigenvalue weighted by Gasteiger charge is -2.23. The van der Waals surface area contributed by atoms with Crippen molar-refractivity contribution in [1.82, 2.24) is 29.6 Å². The Morgan fingerprint density at radius 3 is 2.75 bits per heavy atom. The van der Waals surface area contributed by atoms with Crippen LogP contribution < -0.4 is 16.3 Å². The highest BCUT2D eigenvalue weighted by molar-refractivity contribution is 5.82. The number of H-pyrrole nitrogens is 1. The van der Waals surface area contributed by atoms with E-state index in [9.17, 15) is 14.4 Å². The van der Waals surface area contributed by atoms with Gasteiger partial charge in [-0.1, -0.05) is 32.9 Å². The van der Waals surface area contributed by atoms with Crippen LogP contribution in [0.4, 0.5) is 15.9 Å². The smallest absolute Gasteiger partial charge is 0.283 e. The number of rotatable bonds is 6. The van der Waals surface area contributed by atoms with Crippen LogP contribution in [0.2, 0.25) is 0 Å². The van der Waals surface area contributed by atoms with E-state index in [0.717, 1.165) is 0 Å². The second kappa shape index (κ2) is 10.6. The first-order valence-electron chi connectivity index (χ1n) is 11.5. The maximum absolute atomic E-state index is 14.6. The molecule has 0 aliphatic carbocycles. The summed E-state index contributed by atoms with van der Waals surface area (Å²) < 4.78 is 15.8. The van der Waals surface area contributed by atoms with E-state index in [2.05, 4.69) is 41.7 Å². The van der Waals surface area contributed by atoms with Crippen molar-refractivity contribution < 1.29 is 4.39 Å². The van der Waals surface area contributed by atoms with Crippen molar-refractivity contribution >= 4 is 33.6 Å². The van der Waals surface area contributed by atoms with Crippen molar-refractivity contribution in [3.05, 3.63) is 82.7 Å². The molecule has 0 spiro atoms. The van der Waals surface area contributed by atoms with Crippen LogP contribution in [0.1, 0.15) is 44.6 Å². The summed E-state index contributed by atoms with van der Waals surface area (Å²) in [5.74, 6) is 0.138. The lowest BCUT2D eigenvalue weighted by Crippen LogP contribution is -2.34. The molecule has 0 fully saturated rings. The van der Waals surface area contributed by atoms with Crippen LogP contribution in [0.15, 0.2) is 59.9 Å². The lowest BCUT2D eigenvalue weighted by atomic mass is 10.1. The fourth-order valence-electron chi connectivity index (χ4n) is 3.72. The number of nitrogens with zero attached hydrogens (tertiary/aromatic N) is 6. The Bertz CT molecular complexity index is 1620. The molecule has 0 saturated heterocycles. The molecule has 0 bridgehead atoms. The molecule has 0 aliphatic heterocycles. The highest BCUT2D eigenvalue weighted by atomic mass is 19.1. The van der Waals surface area contributed by atoms with Crippen LogP contribution in [-0.2, 0) is 0 Å². The van der Waals surface area contributed by atoms with Gasteiger partial charge in [0.25, 0.3) is 5.56 Å². The summed E-state index contributed by atoms with van der Waals surface area (Å²) in [6.07, 6.45) is 3.43. The zero-order chi connectivity index (χ0) is 25.7. The van der Waals surface area contributed by atoms with Crippen molar-refractivity contribution in [2.45, 2.75) is 33.2 Å². The van der Waals surface area contributed by atoms with Crippen LogP contribution in [0.25, 0.3) is 22.1 Å². The van der Waals surface area contributed by atoms with E-state index in [1.54, 1.807) is 30.3 Å². The fraction of sp³-hybridized carbons (Fsp3) is 0.200. The monoisotopic (exact) mass is 485 g/mol. The van der Waals surface area contributed by atoms with Crippen LogP contribution in [-0.4, -0.2) is 29.6 Å². The average Bonchev–Trinajstić information content (AvgIpc) is 3.40. The largest absolute Gasteiger partial charge is 0.358 e. The number of hydrogen-bond donors (Lipinski definition) is 3. The Morgan fingerprint density at radius 2 is 1.97 bits per heavy atom. The van der Waals surface area contributed by atoms with Crippen LogP contribution in [0.5, 0.6) is 0 Å². The van der Waals surface area contributed by atoms with Gasteiger partial charge in [-0.2, -0.15) is 5.26 Å². The number of halogens is 1. The number of anilines is 2. The third kappa shape index (κ3) is 4.56. The number of fused-ring (bicyclic) bond motifs is 2. The van der Waals surface area contributed by atoms with Crippen molar-refractivity contribution in [3.8, 4) is 6.07 Å². The summed E-state index contributed by atoms with van der Waals surface area (Å²) in [5, 5.41) is 12.4. The van der Waals surface area contributed by atoms with Crippen molar-refractivity contribution in [3.63, 3.8) is 0 Å². The number of benzene rings is 2. The third-order valence-corrected chi connectivity index (χ3v) is 5.36. The third-order valence-electron chi connectivity index (χ3n) is 5.36. The normalized spacial score (nSPS) is 11.4. The molecule has 3 N–H and O–H groups in total. The molecule has 0 radical (unpaired) electrons. The van der Waals surface area contributed by atoms with E-state index >= 15 is 0 Å². The summed E-state index contributed by atoms with van der Waals surface area (Å²) >= 11 is 0. The SMILES string of the molecule is CC.CCC(Nc1ncnc2nc[nH]c12)c1nc2cccc(F)c2c(=O)n1Nc1cccc(C#N)c1. The Labute approximate surface area is 205 Å². The Balaban J connectivity index is 0.00000148. The minimum Gasteiger partial charge on any atom is -0.358 e. The van der Waals surface area contributed by atoms with Gasteiger partial charge in [0, 0.05) is 0 Å². The maximum Gasteiger partial charge on any atom is 0.283 e. The number of aromatic amines is 1. The number of aromatic nitrogens is 6. The van der Waals surface area contributed by atoms with Gasteiger partial charge >= 0.3 is 0 Å². The van der Waals surface area contributed by atoms with E-state index in [-0.39, 0.29) is 10.9 Å². The standard InChI is InChI=1S/C23H18FN9O.C2H6/c1-2-16(30-21-19-20(27-11-26-19)28-12-29-21)22-31-17-8-4-7-15(24)18(17)23(34)33(22)32-14-6-3-5-13(9-14)10-25;1-2/h3-9,11-12,16,32H,2H2,1H3,(H2,26,27,28,29,30);1-2H3. The second-order valence-electron chi connectivity index (χ2n) is 7.48. The first-order valence-corrected chi connectivity index (χ1v) is 11.5. The second-order valence-corrected chi connectivity index (χ2v) is 7.48. The maximum atomic E-state index is 14.6. The van der Waals surface area contributed by atoms with Gasteiger partial charge in [0.05, 0.1) is 35.2 Å². The minimum atomic E-state index is -0.668. The first kappa shape index (κ1) is 24.3. The highest BCUT2D eigenvalue weighted by Crippen LogP contribution is 2.25. The first-order chi connectivity index (χ1) is 17.6. The van der Waals surface area contributed by atoms with Gasteiger partial charge < -0.3 is 10.3 Å². The lowest BCUT2D eigenvalue weighted by molar-refractivity contribution is 0.622. The summed E-state index contributed by atoms with van der Waals surface area (Å²) in [6, 6.07) is 12.5. The van der Waals surface area contributed by atoms with E-state index < -0.39 is 17.4 Å². The zero-order valence-corrected chi connectivity index (χ0v) is 20.0. The molecule has 5 aromatic rings. The Morgan fingerprint density at radius 1 is 1.17 bits per heavy atom. The van der Waals surface area contributed by atoms with Crippen LogP contribution >= 0.6 is 0 Å². The molecule has 1 atom stereocenters. The van der Waals surface area contributed by atoms with Gasteiger partial charge in [-0.3, -0.25) is 10.2 Å². The van der Waals surface area contributed by atoms with E-state index in [1.165, 1.54) is 29.5 Å². The predicted molar refractivity (Wildman–Crippen MR) is 136 cm³/mol. The van der Waals surface area contributed by atoms with Crippen LogP contribution in [0, 0.1) is 17.1 Å². The van der Waals surface area contributed by atoms with Gasteiger partial charge in [-0.05, 0) is 36.8 Å². The van der Waals surface area contributed by atoms with Gasteiger partial charge in [0.2, 0.25) is 0 Å². The van der Waals surface area contributed by atoms with Crippen molar-refractivity contribution in [2.24, 2.45) is 0 Å². The summed E-state index contributed by atoms with van der Waals surface area (Å²) in [4.78, 5) is 33.7. The van der Waals surface area contributed by atoms with Gasteiger partial charge in [0.15, 0.2) is 17.3 Å². The number of nitriles is 1. The number of imidazole rings is 1. The van der Waals surface area contributed by atoms with Crippen molar-refractivity contribution in [1.29, 1.82) is 5.26 Å². The molecule has 0 amide bonds. The Kier molecular flexibility index (Phi) is 7.15. The predicted octanol–water partition coefficient (Wildman–Crippen LogP) is 4.54. The van der Waals surface area contributed by atoms with Crippen LogP contribution in [0.3, 0.4) is 0 Å². The molecule has 0 aliphatic rings. The van der Waals surface area contributed by atoms with E-state index in [1.807, 2.05) is 20.8 Å². The summed E-state index contributed by atoms with van der Waals surface area (Å²) in [6.45, 7) is 5.92. The van der Waals surface area contributed by atoms with Gasteiger partial charge in [-0.25, -0.2) is 29.0 Å². The number of hydrogen-bond acceptors (Lipinski definition) is 8. The molecule has 36 heavy (non-hydrogen) atoms. The van der Waals surface area contributed by atoms with E-state index in [0.29, 0.717) is 40.5 Å². The molecule has 10 nitrogen and oxygen atoms in total. The number of nitrogens with one attached hydrogen (secondary N) is 3. The van der Waals surface area contributed by atoms with Gasteiger partial charge in [-0.15, -0.1) is 0 Å². The molecule has 1 unspecified atom stereocenters. The molecule has 5 rings (SSSR count). The molecule has 182 valence electrons. The minimum absolute atomic E-state index is 0.136. The molecular weight excluding hydrogens is 461 g/mol. The molecule has 0 saturated carbocycles. The summed E-state index contributed by atoms with van der Waals surface area (Å²) in [7, 11) is 0. The molecule has 3 heterocycles. The molecule has 2 aromatic carbocycles. The zero-order valence-electron chi connectivity index (χ0n) is 20.0. The van der Waals surface area contributed by atoms with E-state index in [4.69, 9.17) is 0 Å². The average molecular weight is 486 g/mol. The fourth-order valence-corrected chi connectivity index (χ4v) is 3.72. The molecule has 3 aromatic heterocycles. The van der Waals surface area contributed by atoms with Crippen molar-refractivity contribution in [2.75, 3.05) is 10.7 Å². The molecule has 11 heteroatoms. The highest BCUT2D eigenvalue weighted by Gasteiger charge is 2.22. The van der Waals surface area contributed by atoms with Gasteiger partial charge in [0.1, 0.15) is 23.0 Å². The topological polar surface area (TPSA) is 137 Å².